The van der Waals surface area contributed by atoms with Gasteiger partial charge < -0.3 is 14.6 Å². The number of halogens is 3. The molecule has 3 aromatic rings. The predicted molar refractivity (Wildman–Crippen MR) is 105 cm³/mol. The van der Waals surface area contributed by atoms with Crippen molar-refractivity contribution in [1.82, 2.24) is 9.88 Å². The van der Waals surface area contributed by atoms with Gasteiger partial charge in [0.25, 0.3) is 0 Å². The average molecular weight is 418 g/mol. The van der Waals surface area contributed by atoms with Crippen molar-refractivity contribution < 1.29 is 27.5 Å². The Morgan fingerprint density at radius 1 is 1.07 bits per heavy atom. The highest BCUT2D eigenvalue weighted by Crippen LogP contribution is 2.29. The van der Waals surface area contributed by atoms with Gasteiger partial charge in [-0.3, -0.25) is 9.59 Å². The number of benzene rings is 2. The molecule has 2 aromatic carbocycles. The molecule has 0 bridgehead atoms. The summed E-state index contributed by atoms with van der Waals surface area (Å²) in [6.45, 7) is 1.55. The molecule has 0 saturated carbocycles. The number of fused-ring (bicyclic) bond motifs is 1. The first-order valence-electron chi connectivity index (χ1n) is 9.42. The number of nitrogens with one attached hydrogen (secondary N) is 1. The zero-order chi connectivity index (χ0) is 21.7. The van der Waals surface area contributed by atoms with Gasteiger partial charge in [0.15, 0.2) is 0 Å². The topological polar surface area (TPSA) is 62.4 Å². The molecule has 0 radical (unpaired) electrons. The molecule has 0 spiro atoms. The molecule has 158 valence electrons. The van der Waals surface area contributed by atoms with E-state index in [2.05, 4.69) is 4.98 Å². The second kappa shape index (κ2) is 9.02. The third-order valence-corrected chi connectivity index (χ3v) is 4.65. The van der Waals surface area contributed by atoms with Gasteiger partial charge in [0.2, 0.25) is 5.91 Å². The lowest BCUT2D eigenvalue weighted by Crippen LogP contribution is -2.37. The van der Waals surface area contributed by atoms with E-state index in [-0.39, 0.29) is 32.0 Å². The number of nitrogens with zero attached hydrogens (tertiary/aromatic N) is 1. The summed E-state index contributed by atoms with van der Waals surface area (Å²) in [6, 6.07) is 12.1. The smallest absolute Gasteiger partial charge is 0.416 e. The number of carbonyl (C=O) groups is 2. The number of amides is 1. The molecular weight excluding hydrogens is 397 g/mol. The third kappa shape index (κ3) is 5.20. The minimum Gasteiger partial charge on any atom is -0.465 e. The van der Waals surface area contributed by atoms with Crippen molar-refractivity contribution in [1.29, 1.82) is 0 Å². The van der Waals surface area contributed by atoms with Crippen molar-refractivity contribution in [2.75, 3.05) is 13.2 Å². The van der Waals surface area contributed by atoms with E-state index in [1.165, 1.54) is 17.0 Å². The number of alkyl halides is 3. The van der Waals surface area contributed by atoms with Gasteiger partial charge >= 0.3 is 12.1 Å². The number of H-pyrrole nitrogens is 1. The van der Waals surface area contributed by atoms with Gasteiger partial charge in [0.1, 0.15) is 6.54 Å². The van der Waals surface area contributed by atoms with Crippen LogP contribution in [0.25, 0.3) is 10.9 Å². The van der Waals surface area contributed by atoms with Crippen LogP contribution >= 0.6 is 0 Å². The molecule has 30 heavy (non-hydrogen) atoms. The van der Waals surface area contributed by atoms with E-state index in [4.69, 9.17) is 4.74 Å². The first kappa shape index (κ1) is 21.4. The van der Waals surface area contributed by atoms with Gasteiger partial charge in [-0.05, 0) is 36.2 Å². The van der Waals surface area contributed by atoms with Crippen LogP contribution in [0.4, 0.5) is 13.2 Å². The van der Waals surface area contributed by atoms with Crippen LogP contribution in [0.5, 0.6) is 0 Å². The number of hydrogen-bond donors (Lipinski definition) is 1. The van der Waals surface area contributed by atoms with Gasteiger partial charge in [-0.1, -0.05) is 30.3 Å². The van der Waals surface area contributed by atoms with Crippen LogP contribution in [-0.4, -0.2) is 34.9 Å². The number of esters is 1. The SMILES string of the molecule is CCOC(=O)CN(Cc1ccc(C(F)(F)F)cc1)C(=O)Cc1c[nH]c2ccccc12. The normalized spacial score (nSPS) is 11.5. The number of rotatable bonds is 7. The molecule has 0 fully saturated rings. The molecule has 1 amide bonds. The molecule has 0 saturated heterocycles. The fraction of sp³-hybridized carbons (Fsp3) is 0.273. The minimum absolute atomic E-state index is 0.00185. The summed E-state index contributed by atoms with van der Waals surface area (Å²) in [5, 5.41) is 0.900. The van der Waals surface area contributed by atoms with Gasteiger partial charge in [0.05, 0.1) is 18.6 Å². The molecule has 8 heteroatoms. The second-order valence-electron chi connectivity index (χ2n) is 6.79. The van der Waals surface area contributed by atoms with Crippen LogP contribution in [0.15, 0.2) is 54.7 Å². The quantitative estimate of drug-likeness (QED) is 0.582. The first-order chi connectivity index (χ1) is 14.3. The van der Waals surface area contributed by atoms with Crippen molar-refractivity contribution in [2.24, 2.45) is 0 Å². The Hall–Kier alpha value is -3.29. The highest BCUT2D eigenvalue weighted by Gasteiger charge is 2.30. The second-order valence-corrected chi connectivity index (χ2v) is 6.79. The maximum absolute atomic E-state index is 12.9. The van der Waals surface area contributed by atoms with Crippen molar-refractivity contribution in [3.63, 3.8) is 0 Å². The summed E-state index contributed by atoms with van der Waals surface area (Å²) < 4.78 is 43.3. The zero-order valence-corrected chi connectivity index (χ0v) is 16.3. The van der Waals surface area contributed by atoms with Crippen LogP contribution in [0.3, 0.4) is 0 Å². The van der Waals surface area contributed by atoms with Crippen molar-refractivity contribution in [3.8, 4) is 0 Å². The first-order valence-corrected chi connectivity index (χ1v) is 9.42. The van der Waals surface area contributed by atoms with E-state index in [0.717, 1.165) is 28.6 Å². The van der Waals surface area contributed by atoms with Crippen LogP contribution < -0.4 is 0 Å². The average Bonchev–Trinajstić information content (AvgIpc) is 3.10. The molecule has 5 nitrogen and oxygen atoms in total. The number of aromatic nitrogens is 1. The van der Waals surface area contributed by atoms with Crippen LogP contribution in [0, 0.1) is 0 Å². The fourth-order valence-corrected chi connectivity index (χ4v) is 3.17. The Kier molecular flexibility index (Phi) is 6.44. The summed E-state index contributed by atoms with van der Waals surface area (Å²) >= 11 is 0. The molecule has 3 rings (SSSR count). The van der Waals surface area contributed by atoms with Gasteiger partial charge in [0, 0.05) is 23.6 Å². The summed E-state index contributed by atoms with van der Waals surface area (Å²) in [5.74, 6) is -0.899. The molecule has 1 heterocycles. The van der Waals surface area contributed by atoms with Gasteiger partial charge in [-0.2, -0.15) is 13.2 Å². The molecule has 1 aromatic heterocycles. The Morgan fingerprint density at radius 2 is 1.77 bits per heavy atom. The highest BCUT2D eigenvalue weighted by atomic mass is 19.4. The van der Waals surface area contributed by atoms with Crippen molar-refractivity contribution in [3.05, 3.63) is 71.4 Å². The summed E-state index contributed by atoms with van der Waals surface area (Å²) in [7, 11) is 0. The lowest BCUT2D eigenvalue weighted by molar-refractivity contribution is -0.149. The van der Waals surface area contributed by atoms with E-state index in [0.29, 0.717) is 5.56 Å². The van der Waals surface area contributed by atoms with Crippen molar-refractivity contribution >= 4 is 22.8 Å². The number of carbonyl (C=O) groups excluding carboxylic acids is 2. The van der Waals surface area contributed by atoms with Crippen LogP contribution in [0.2, 0.25) is 0 Å². The molecule has 0 unspecified atom stereocenters. The lowest BCUT2D eigenvalue weighted by Gasteiger charge is -2.22. The molecule has 0 aliphatic carbocycles. The van der Waals surface area contributed by atoms with E-state index in [1.54, 1.807) is 13.1 Å². The summed E-state index contributed by atoms with van der Waals surface area (Å²) in [5.41, 5.74) is 1.38. The third-order valence-electron chi connectivity index (χ3n) is 4.65. The van der Waals surface area contributed by atoms with E-state index in [1.807, 2.05) is 24.3 Å². The Morgan fingerprint density at radius 3 is 2.43 bits per heavy atom. The van der Waals surface area contributed by atoms with Crippen LogP contribution in [0.1, 0.15) is 23.6 Å². The maximum atomic E-state index is 12.9. The molecular formula is C22H21F3N2O3. The lowest BCUT2D eigenvalue weighted by atomic mass is 10.1. The minimum atomic E-state index is -4.44. The number of hydrogen-bond acceptors (Lipinski definition) is 3. The van der Waals surface area contributed by atoms with Crippen LogP contribution in [-0.2, 0) is 33.5 Å². The Balaban J connectivity index is 1.79. The summed E-state index contributed by atoms with van der Waals surface area (Å²) in [4.78, 5) is 29.3. The summed E-state index contributed by atoms with van der Waals surface area (Å²) in [6.07, 6.45) is -2.65. The van der Waals surface area contributed by atoms with E-state index >= 15 is 0 Å². The highest BCUT2D eigenvalue weighted by molar-refractivity contribution is 5.90. The van der Waals surface area contributed by atoms with E-state index < -0.39 is 17.7 Å². The largest absolute Gasteiger partial charge is 0.465 e. The number of ether oxygens (including phenoxy) is 1. The monoisotopic (exact) mass is 418 g/mol. The molecule has 0 aliphatic heterocycles. The predicted octanol–water partition coefficient (Wildman–Crippen LogP) is 4.32. The van der Waals surface area contributed by atoms with E-state index in [9.17, 15) is 22.8 Å². The molecule has 1 N–H and O–H groups in total. The number of para-hydroxylation sites is 1. The fourth-order valence-electron chi connectivity index (χ4n) is 3.17. The maximum Gasteiger partial charge on any atom is 0.416 e. The molecule has 0 aliphatic rings. The Labute approximate surface area is 171 Å². The van der Waals surface area contributed by atoms with Gasteiger partial charge in [-0.15, -0.1) is 0 Å². The number of aromatic amines is 1. The Bertz CT molecular complexity index is 1030. The van der Waals surface area contributed by atoms with Crippen molar-refractivity contribution in [2.45, 2.75) is 26.1 Å². The molecule has 0 atom stereocenters. The zero-order valence-electron chi connectivity index (χ0n) is 16.3. The van der Waals surface area contributed by atoms with Gasteiger partial charge in [-0.25, -0.2) is 0 Å². The standard InChI is InChI=1S/C22H21F3N2O3/c1-2-30-21(29)14-27(13-15-7-9-17(10-8-15)22(23,24)25)20(28)11-16-12-26-19-6-4-3-5-18(16)19/h3-10,12,26H,2,11,13-14H2,1H3.